The van der Waals surface area contributed by atoms with Gasteiger partial charge >= 0.3 is 0 Å². The Balaban J connectivity index is 2.43. The van der Waals surface area contributed by atoms with Gasteiger partial charge in [-0.15, -0.1) is 0 Å². The van der Waals surface area contributed by atoms with Gasteiger partial charge in [0.25, 0.3) is 5.91 Å². The molecule has 1 aromatic carbocycles. The summed E-state index contributed by atoms with van der Waals surface area (Å²) in [5, 5.41) is 3.47. The first-order chi connectivity index (χ1) is 9.96. The fourth-order valence-electron chi connectivity index (χ4n) is 2.28. The topological polar surface area (TPSA) is 58.4 Å². The van der Waals surface area contributed by atoms with Gasteiger partial charge in [-0.2, -0.15) is 0 Å². The van der Waals surface area contributed by atoms with E-state index >= 15 is 0 Å². The van der Waals surface area contributed by atoms with Gasteiger partial charge in [-0.25, -0.2) is 0 Å². The number of nitrogens with two attached hydrogens (primary N) is 1. The van der Waals surface area contributed by atoms with E-state index in [0.29, 0.717) is 16.3 Å². The van der Waals surface area contributed by atoms with Crippen LogP contribution in [0.2, 0.25) is 5.02 Å². The summed E-state index contributed by atoms with van der Waals surface area (Å²) >= 11 is 5.92. The van der Waals surface area contributed by atoms with Crippen LogP contribution in [0.1, 0.15) is 44.0 Å². The van der Waals surface area contributed by atoms with Gasteiger partial charge in [0.1, 0.15) is 0 Å². The van der Waals surface area contributed by atoms with Crippen LogP contribution in [0.4, 0.5) is 5.69 Å². The molecule has 0 heterocycles. The van der Waals surface area contributed by atoms with Crippen LogP contribution in [0.15, 0.2) is 18.2 Å². The van der Waals surface area contributed by atoms with Crippen LogP contribution in [-0.2, 0) is 0 Å². The van der Waals surface area contributed by atoms with E-state index < -0.39 is 0 Å². The van der Waals surface area contributed by atoms with Crippen LogP contribution in [0.25, 0.3) is 0 Å². The summed E-state index contributed by atoms with van der Waals surface area (Å²) in [5.74, 6) is -0.125. The van der Waals surface area contributed by atoms with Crippen LogP contribution in [0.3, 0.4) is 0 Å². The fourth-order valence-corrected chi connectivity index (χ4v) is 2.53. The lowest BCUT2D eigenvalue weighted by molar-refractivity contribution is 0.0937. The highest BCUT2D eigenvalue weighted by atomic mass is 35.5. The van der Waals surface area contributed by atoms with E-state index in [1.165, 1.54) is 0 Å². The number of nitrogen functional groups attached to an aromatic ring is 1. The van der Waals surface area contributed by atoms with Crippen LogP contribution >= 0.6 is 11.6 Å². The van der Waals surface area contributed by atoms with E-state index in [0.717, 1.165) is 32.5 Å². The largest absolute Gasteiger partial charge is 0.399 e. The summed E-state index contributed by atoms with van der Waals surface area (Å²) in [6.07, 6.45) is 2.03. The molecule has 0 saturated carbocycles. The molecular weight excluding hydrogens is 286 g/mol. The van der Waals surface area contributed by atoms with E-state index in [1.54, 1.807) is 18.2 Å². The monoisotopic (exact) mass is 311 g/mol. The summed E-state index contributed by atoms with van der Waals surface area (Å²) in [7, 11) is 0. The number of nitrogens with one attached hydrogen (secondary N) is 1. The molecule has 5 heteroatoms. The molecule has 1 rings (SSSR count). The number of amides is 1. The molecule has 0 fully saturated rings. The molecule has 0 aliphatic carbocycles. The Bertz CT molecular complexity index is 441. The smallest absolute Gasteiger partial charge is 0.251 e. The normalized spacial score (nSPS) is 12.4. The van der Waals surface area contributed by atoms with Crippen molar-refractivity contribution in [3.63, 3.8) is 0 Å². The molecule has 3 N–H and O–H groups in total. The molecule has 0 aliphatic heterocycles. The molecule has 0 spiro atoms. The molecule has 1 amide bonds. The van der Waals surface area contributed by atoms with Crippen molar-refractivity contribution in [2.75, 3.05) is 25.4 Å². The van der Waals surface area contributed by atoms with E-state index in [-0.39, 0.29) is 11.9 Å². The van der Waals surface area contributed by atoms with Crippen molar-refractivity contribution in [1.29, 1.82) is 0 Å². The Morgan fingerprint density at radius 1 is 1.33 bits per heavy atom. The standard InChI is InChI=1S/C16H26ClN3O/c1-4-20(5-2)8-6-7-12(3)19-16(21)13-9-14(17)11-15(18)10-13/h9-12H,4-8,18H2,1-3H3,(H,19,21). The maximum atomic E-state index is 12.1. The van der Waals surface area contributed by atoms with Gasteiger partial charge in [-0.3, -0.25) is 4.79 Å². The number of hydrogen-bond acceptors (Lipinski definition) is 3. The van der Waals surface area contributed by atoms with Crippen molar-refractivity contribution in [2.45, 2.75) is 39.7 Å². The molecule has 21 heavy (non-hydrogen) atoms. The summed E-state index contributed by atoms with van der Waals surface area (Å²) < 4.78 is 0. The molecule has 1 atom stereocenters. The lowest BCUT2D eigenvalue weighted by atomic mass is 10.1. The Morgan fingerprint density at radius 3 is 2.57 bits per heavy atom. The Morgan fingerprint density at radius 2 is 2.00 bits per heavy atom. The minimum atomic E-state index is -0.125. The first-order valence-corrected chi connectivity index (χ1v) is 7.93. The molecule has 4 nitrogen and oxygen atoms in total. The minimum absolute atomic E-state index is 0.125. The maximum absolute atomic E-state index is 12.1. The maximum Gasteiger partial charge on any atom is 0.251 e. The van der Waals surface area contributed by atoms with Gasteiger partial charge in [0, 0.05) is 22.3 Å². The number of hydrogen-bond donors (Lipinski definition) is 2. The summed E-state index contributed by atoms with van der Waals surface area (Å²) in [4.78, 5) is 14.5. The molecule has 118 valence electrons. The van der Waals surface area contributed by atoms with E-state index in [1.807, 2.05) is 6.92 Å². The summed E-state index contributed by atoms with van der Waals surface area (Å²) in [6, 6.07) is 5.04. The molecule has 0 aliphatic rings. The van der Waals surface area contributed by atoms with E-state index in [9.17, 15) is 4.79 Å². The number of nitrogens with zero attached hydrogens (tertiary/aromatic N) is 1. The highest BCUT2D eigenvalue weighted by Gasteiger charge is 2.11. The van der Waals surface area contributed by atoms with E-state index in [2.05, 4.69) is 24.1 Å². The predicted octanol–water partition coefficient (Wildman–Crippen LogP) is 3.16. The van der Waals surface area contributed by atoms with Crippen molar-refractivity contribution in [2.24, 2.45) is 0 Å². The first-order valence-electron chi connectivity index (χ1n) is 7.55. The summed E-state index contributed by atoms with van der Waals surface area (Å²) in [6.45, 7) is 9.56. The zero-order valence-electron chi connectivity index (χ0n) is 13.2. The Hall–Kier alpha value is -1.26. The van der Waals surface area contributed by atoms with Crippen molar-refractivity contribution < 1.29 is 4.79 Å². The lowest BCUT2D eigenvalue weighted by Crippen LogP contribution is -2.33. The van der Waals surface area contributed by atoms with Crippen LogP contribution < -0.4 is 11.1 Å². The van der Waals surface area contributed by atoms with E-state index in [4.69, 9.17) is 17.3 Å². The third-order valence-corrected chi connectivity index (χ3v) is 3.78. The highest BCUT2D eigenvalue weighted by Crippen LogP contribution is 2.16. The molecule has 0 saturated heterocycles. The average Bonchev–Trinajstić information content (AvgIpc) is 2.42. The SMILES string of the molecule is CCN(CC)CCCC(C)NC(=O)c1cc(N)cc(Cl)c1. The number of rotatable bonds is 8. The van der Waals surface area contributed by atoms with Gasteiger partial charge in [0.15, 0.2) is 0 Å². The van der Waals surface area contributed by atoms with Crippen molar-refractivity contribution in [3.05, 3.63) is 28.8 Å². The zero-order chi connectivity index (χ0) is 15.8. The highest BCUT2D eigenvalue weighted by molar-refractivity contribution is 6.31. The second-order valence-electron chi connectivity index (χ2n) is 5.32. The molecular formula is C16H26ClN3O. The van der Waals surface area contributed by atoms with Gasteiger partial charge in [-0.05, 0) is 57.6 Å². The quantitative estimate of drug-likeness (QED) is 0.725. The summed E-state index contributed by atoms with van der Waals surface area (Å²) in [5.41, 5.74) is 6.71. The van der Waals surface area contributed by atoms with Crippen molar-refractivity contribution in [3.8, 4) is 0 Å². The number of carbonyl (C=O) groups excluding carboxylic acids is 1. The van der Waals surface area contributed by atoms with Crippen molar-refractivity contribution in [1.82, 2.24) is 10.2 Å². The molecule has 0 bridgehead atoms. The van der Waals surface area contributed by atoms with Crippen molar-refractivity contribution >= 4 is 23.2 Å². The number of benzene rings is 1. The third kappa shape index (κ3) is 6.36. The molecule has 1 unspecified atom stereocenters. The van der Waals surface area contributed by atoms with Gasteiger partial charge in [0.2, 0.25) is 0 Å². The second kappa shape index (κ2) is 8.90. The number of carbonyl (C=O) groups is 1. The number of halogens is 1. The first kappa shape index (κ1) is 17.8. The van der Waals surface area contributed by atoms with Crippen LogP contribution in [-0.4, -0.2) is 36.5 Å². The Labute approximate surface area is 132 Å². The number of anilines is 1. The fraction of sp³-hybridized carbons (Fsp3) is 0.562. The van der Waals surface area contributed by atoms with Crippen LogP contribution in [0.5, 0.6) is 0 Å². The Kier molecular flexibility index (Phi) is 7.54. The third-order valence-electron chi connectivity index (χ3n) is 3.57. The van der Waals surface area contributed by atoms with Gasteiger partial charge < -0.3 is 16.0 Å². The minimum Gasteiger partial charge on any atom is -0.399 e. The molecule has 0 radical (unpaired) electrons. The predicted molar refractivity (Wildman–Crippen MR) is 89.8 cm³/mol. The lowest BCUT2D eigenvalue weighted by Gasteiger charge is -2.19. The van der Waals surface area contributed by atoms with Crippen LogP contribution in [0, 0.1) is 0 Å². The second-order valence-corrected chi connectivity index (χ2v) is 5.75. The average molecular weight is 312 g/mol. The van der Waals surface area contributed by atoms with Gasteiger partial charge in [-0.1, -0.05) is 25.4 Å². The molecule has 1 aromatic rings. The molecule has 0 aromatic heterocycles. The van der Waals surface area contributed by atoms with Gasteiger partial charge in [0.05, 0.1) is 0 Å². The zero-order valence-corrected chi connectivity index (χ0v) is 13.9.